The monoisotopic (exact) mass is 210 g/mol. The topological polar surface area (TPSA) is 38.9 Å². The summed E-state index contributed by atoms with van der Waals surface area (Å²) >= 11 is 1.89. The van der Waals surface area contributed by atoms with Crippen LogP contribution in [-0.4, -0.2) is 11.0 Å². The van der Waals surface area contributed by atoms with Gasteiger partial charge in [0.15, 0.2) is 0 Å². The summed E-state index contributed by atoms with van der Waals surface area (Å²) in [7, 11) is 0. The van der Waals surface area contributed by atoms with Gasteiger partial charge in [-0.05, 0) is 32.6 Å². The van der Waals surface area contributed by atoms with Crippen molar-refractivity contribution in [3.8, 4) is 0 Å². The molecule has 2 rings (SSSR count). The van der Waals surface area contributed by atoms with Crippen LogP contribution >= 0.6 is 11.3 Å². The van der Waals surface area contributed by atoms with Gasteiger partial charge < -0.3 is 5.73 Å². The molecule has 0 aliphatic heterocycles. The van der Waals surface area contributed by atoms with Gasteiger partial charge in [0, 0.05) is 17.3 Å². The summed E-state index contributed by atoms with van der Waals surface area (Å²) < 4.78 is 0. The van der Waals surface area contributed by atoms with E-state index < -0.39 is 0 Å². The van der Waals surface area contributed by atoms with Gasteiger partial charge in [0.25, 0.3) is 0 Å². The predicted octanol–water partition coefficient (Wildman–Crippen LogP) is 2.30. The molecular formula is C11H18N2S. The van der Waals surface area contributed by atoms with Gasteiger partial charge in [0.2, 0.25) is 0 Å². The maximum absolute atomic E-state index is 5.78. The summed E-state index contributed by atoms with van der Waals surface area (Å²) in [6.45, 7) is 2.05. The molecule has 0 amide bonds. The molecule has 1 unspecified atom stereocenters. The molecule has 3 heteroatoms. The highest BCUT2D eigenvalue weighted by molar-refractivity contribution is 7.11. The van der Waals surface area contributed by atoms with Gasteiger partial charge >= 0.3 is 0 Å². The number of aromatic nitrogens is 1. The van der Waals surface area contributed by atoms with Crippen LogP contribution in [0.4, 0.5) is 0 Å². The molecule has 0 bridgehead atoms. The molecule has 2 N–H and O–H groups in total. The first kappa shape index (κ1) is 10.1. The zero-order valence-corrected chi connectivity index (χ0v) is 9.57. The van der Waals surface area contributed by atoms with E-state index >= 15 is 0 Å². The molecule has 0 aromatic carbocycles. The molecule has 14 heavy (non-hydrogen) atoms. The lowest BCUT2D eigenvalue weighted by Gasteiger charge is -1.99. The molecule has 1 aromatic heterocycles. The van der Waals surface area contributed by atoms with E-state index in [9.17, 15) is 0 Å². The van der Waals surface area contributed by atoms with E-state index in [4.69, 9.17) is 5.73 Å². The van der Waals surface area contributed by atoms with E-state index in [-0.39, 0.29) is 6.04 Å². The van der Waals surface area contributed by atoms with Crippen molar-refractivity contribution >= 4 is 11.3 Å². The maximum Gasteiger partial charge on any atom is 0.0946 e. The number of fused-ring (bicyclic) bond motifs is 1. The van der Waals surface area contributed by atoms with E-state index in [1.165, 1.54) is 47.7 Å². The van der Waals surface area contributed by atoms with Crippen molar-refractivity contribution in [1.29, 1.82) is 0 Å². The van der Waals surface area contributed by atoms with Crippen LogP contribution in [-0.2, 0) is 19.3 Å². The molecule has 0 radical (unpaired) electrons. The minimum absolute atomic E-state index is 0.241. The quantitative estimate of drug-likeness (QED) is 0.761. The van der Waals surface area contributed by atoms with Gasteiger partial charge in [-0.2, -0.15) is 0 Å². The fraction of sp³-hybridized carbons (Fsp3) is 0.727. The minimum atomic E-state index is 0.241. The van der Waals surface area contributed by atoms with Crippen molar-refractivity contribution in [2.75, 3.05) is 0 Å². The number of rotatable bonds is 2. The Morgan fingerprint density at radius 1 is 1.36 bits per heavy atom. The second-order valence-corrected chi connectivity index (χ2v) is 5.39. The Hall–Kier alpha value is -0.410. The van der Waals surface area contributed by atoms with Crippen molar-refractivity contribution in [3.05, 3.63) is 15.6 Å². The fourth-order valence-electron chi connectivity index (χ4n) is 1.94. The third-order valence-corrected chi connectivity index (χ3v) is 3.82. The van der Waals surface area contributed by atoms with Crippen LogP contribution in [0.2, 0.25) is 0 Å². The molecule has 1 atom stereocenters. The molecule has 0 saturated heterocycles. The summed E-state index contributed by atoms with van der Waals surface area (Å²) in [6.07, 6.45) is 7.39. The lowest BCUT2D eigenvalue weighted by molar-refractivity contribution is 0.702. The Bertz CT molecular complexity index is 281. The SMILES string of the molecule is CC(N)Cc1nc2c(s1)CCCCC2. The predicted molar refractivity (Wildman–Crippen MR) is 60.7 cm³/mol. The average Bonchev–Trinajstić information content (AvgIpc) is 2.34. The van der Waals surface area contributed by atoms with Crippen LogP contribution in [0.1, 0.15) is 41.8 Å². The Morgan fingerprint density at radius 3 is 2.93 bits per heavy atom. The second kappa shape index (κ2) is 4.41. The van der Waals surface area contributed by atoms with Crippen molar-refractivity contribution in [3.63, 3.8) is 0 Å². The van der Waals surface area contributed by atoms with Crippen molar-refractivity contribution < 1.29 is 0 Å². The molecule has 2 nitrogen and oxygen atoms in total. The molecule has 0 spiro atoms. The van der Waals surface area contributed by atoms with Gasteiger partial charge in [0.05, 0.1) is 10.7 Å². The molecule has 1 heterocycles. The molecular weight excluding hydrogens is 192 g/mol. The van der Waals surface area contributed by atoms with Gasteiger partial charge in [-0.25, -0.2) is 4.98 Å². The zero-order chi connectivity index (χ0) is 9.97. The Kier molecular flexibility index (Phi) is 3.19. The van der Waals surface area contributed by atoms with E-state index in [0.29, 0.717) is 0 Å². The standard InChI is InChI=1S/C11H18N2S/c1-8(12)7-11-13-9-5-3-2-4-6-10(9)14-11/h8H,2-7,12H2,1H3. The lowest BCUT2D eigenvalue weighted by atomic mass is 10.2. The van der Waals surface area contributed by atoms with Crippen LogP contribution in [0.5, 0.6) is 0 Å². The summed E-state index contributed by atoms with van der Waals surface area (Å²) in [6, 6.07) is 0.241. The van der Waals surface area contributed by atoms with Gasteiger partial charge in [-0.1, -0.05) is 6.42 Å². The third-order valence-electron chi connectivity index (χ3n) is 2.64. The van der Waals surface area contributed by atoms with Gasteiger partial charge in [0.1, 0.15) is 0 Å². The highest BCUT2D eigenvalue weighted by atomic mass is 32.1. The number of thiazole rings is 1. The first-order valence-corrected chi connectivity index (χ1v) is 6.30. The fourth-order valence-corrected chi connectivity index (χ4v) is 3.24. The zero-order valence-electron chi connectivity index (χ0n) is 8.75. The van der Waals surface area contributed by atoms with Crippen molar-refractivity contribution in [1.82, 2.24) is 4.98 Å². The number of hydrogen-bond acceptors (Lipinski definition) is 3. The first-order valence-electron chi connectivity index (χ1n) is 5.49. The normalized spacial score (nSPS) is 18.7. The van der Waals surface area contributed by atoms with Crippen LogP contribution in [0.25, 0.3) is 0 Å². The number of nitrogens with two attached hydrogens (primary N) is 1. The molecule has 78 valence electrons. The summed E-state index contributed by atoms with van der Waals surface area (Å²) in [4.78, 5) is 6.22. The van der Waals surface area contributed by atoms with Gasteiger partial charge in [-0.3, -0.25) is 0 Å². The second-order valence-electron chi connectivity index (χ2n) is 4.22. The Morgan fingerprint density at radius 2 is 2.14 bits per heavy atom. The highest BCUT2D eigenvalue weighted by Crippen LogP contribution is 2.26. The van der Waals surface area contributed by atoms with Crippen molar-refractivity contribution in [2.24, 2.45) is 5.73 Å². The smallest absolute Gasteiger partial charge is 0.0946 e. The molecule has 1 aliphatic carbocycles. The van der Waals surface area contributed by atoms with E-state index in [0.717, 1.165) is 6.42 Å². The summed E-state index contributed by atoms with van der Waals surface area (Å²) in [5.41, 5.74) is 7.14. The Balaban J connectivity index is 2.14. The van der Waals surface area contributed by atoms with Crippen LogP contribution in [0.15, 0.2) is 0 Å². The van der Waals surface area contributed by atoms with E-state index in [1.807, 2.05) is 18.3 Å². The molecule has 0 fully saturated rings. The van der Waals surface area contributed by atoms with E-state index in [1.54, 1.807) is 0 Å². The largest absolute Gasteiger partial charge is 0.328 e. The number of hydrogen-bond donors (Lipinski definition) is 1. The molecule has 0 saturated carbocycles. The molecule has 1 aliphatic rings. The van der Waals surface area contributed by atoms with E-state index in [2.05, 4.69) is 4.98 Å². The minimum Gasteiger partial charge on any atom is -0.328 e. The highest BCUT2D eigenvalue weighted by Gasteiger charge is 2.14. The van der Waals surface area contributed by atoms with Crippen molar-refractivity contribution in [2.45, 2.75) is 51.5 Å². The van der Waals surface area contributed by atoms with Crippen LogP contribution in [0.3, 0.4) is 0 Å². The third kappa shape index (κ3) is 2.34. The Labute approximate surface area is 89.5 Å². The summed E-state index contributed by atoms with van der Waals surface area (Å²) in [5.74, 6) is 0. The van der Waals surface area contributed by atoms with Gasteiger partial charge in [-0.15, -0.1) is 11.3 Å². The van der Waals surface area contributed by atoms with Crippen LogP contribution in [0, 0.1) is 0 Å². The van der Waals surface area contributed by atoms with Crippen LogP contribution < -0.4 is 5.73 Å². The first-order chi connectivity index (χ1) is 6.75. The maximum atomic E-state index is 5.78. The number of nitrogens with zero attached hydrogens (tertiary/aromatic N) is 1. The number of aryl methyl sites for hydroxylation is 2. The molecule has 1 aromatic rings. The lowest BCUT2D eigenvalue weighted by Crippen LogP contribution is -2.17. The average molecular weight is 210 g/mol. The summed E-state index contributed by atoms with van der Waals surface area (Å²) in [5, 5.41) is 1.24.